The normalized spacial score (nSPS) is 18.0. The molecule has 0 saturated carbocycles. The molecular formula is C27H30F3N3O3. The molecule has 0 unspecified atom stereocenters. The average molecular weight is 502 g/mol. The van der Waals surface area contributed by atoms with Gasteiger partial charge in [0.1, 0.15) is 6.04 Å². The van der Waals surface area contributed by atoms with Gasteiger partial charge >= 0.3 is 6.18 Å². The first-order valence-electron chi connectivity index (χ1n) is 12.4. The summed E-state index contributed by atoms with van der Waals surface area (Å²) in [5.41, 5.74) is -0.410. The Morgan fingerprint density at radius 2 is 1.44 bits per heavy atom. The summed E-state index contributed by atoms with van der Waals surface area (Å²) in [6.45, 7) is 1.91. The van der Waals surface area contributed by atoms with E-state index in [-0.39, 0.29) is 23.3 Å². The zero-order valence-corrected chi connectivity index (χ0v) is 20.0. The Morgan fingerprint density at radius 3 is 2.08 bits per heavy atom. The highest BCUT2D eigenvalue weighted by molar-refractivity contribution is 5.97. The van der Waals surface area contributed by atoms with Crippen molar-refractivity contribution in [1.29, 1.82) is 0 Å². The summed E-state index contributed by atoms with van der Waals surface area (Å²) in [5, 5.41) is 2.94. The summed E-state index contributed by atoms with van der Waals surface area (Å²) in [6, 6.07) is 12.4. The topological polar surface area (TPSA) is 69.7 Å². The number of alkyl halides is 3. The van der Waals surface area contributed by atoms with Gasteiger partial charge in [0.25, 0.3) is 11.8 Å². The van der Waals surface area contributed by atoms with Crippen molar-refractivity contribution in [2.45, 2.75) is 44.3 Å². The molecule has 4 rings (SSSR count). The van der Waals surface area contributed by atoms with E-state index in [1.165, 1.54) is 17.0 Å². The maximum Gasteiger partial charge on any atom is 0.416 e. The third-order valence-electron chi connectivity index (χ3n) is 6.99. The van der Waals surface area contributed by atoms with Crippen LogP contribution in [0.25, 0.3) is 0 Å². The Hall–Kier alpha value is -3.36. The van der Waals surface area contributed by atoms with Crippen LogP contribution in [-0.4, -0.2) is 59.7 Å². The van der Waals surface area contributed by atoms with Crippen molar-refractivity contribution in [2.24, 2.45) is 5.92 Å². The Morgan fingerprint density at radius 1 is 0.806 bits per heavy atom. The largest absolute Gasteiger partial charge is 0.416 e. The lowest BCUT2D eigenvalue weighted by molar-refractivity contribution is -0.137. The number of amides is 3. The minimum atomic E-state index is -4.53. The second-order valence-electron chi connectivity index (χ2n) is 9.41. The molecule has 0 bridgehead atoms. The lowest BCUT2D eigenvalue weighted by Gasteiger charge is -2.38. The van der Waals surface area contributed by atoms with E-state index in [2.05, 4.69) is 5.32 Å². The van der Waals surface area contributed by atoms with Crippen LogP contribution in [0.4, 0.5) is 13.2 Å². The summed E-state index contributed by atoms with van der Waals surface area (Å²) < 4.78 is 39.2. The van der Waals surface area contributed by atoms with Crippen LogP contribution in [0.1, 0.15) is 58.4 Å². The first kappa shape index (κ1) is 25.7. The number of benzene rings is 2. The van der Waals surface area contributed by atoms with Gasteiger partial charge in [-0.3, -0.25) is 14.4 Å². The lowest BCUT2D eigenvalue weighted by Crippen LogP contribution is -2.55. The molecule has 0 spiro atoms. The van der Waals surface area contributed by atoms with E-state index in [9.17, 15) is 27.6 Å². The molecule has 9 heteroatoms. The summed E-state index contributed by atoms with van der Waals surface area (Å²) in [7, 11) is 0. The van der Waals surface area contributed by atoms with Crippen LogP contribution in [0.5, 0.6) is 0 Å². The fourth-order valence-corrected chi connectivity index (χ4v) is 4.95. The van der Waals surface area contributed by atoms with Crippen LogP contribution >= 0.6 is 0 Å². The van der Waals surface area contributed by atoms with Crippen LogP contribution in [-0.2, 0) is 11.0 Å². The van der Waals surface area contributed by atoms with Crippen LogP contribution in [0.2, 0.25) is 0 Å². The zero-order chi connectivity index (χ0) is 25.7. The van der Waals surface area contributed by atoms with Gasteiger partial charge < -0.3 is 15.1 Å². The van der Waals surface area contributed by atoms with Crippen molar-refractivity contribution >= 4 is 17.7 Å². The van der Waals surface area contributed by atoms with Crippen molar-refractivity contribution in [3.8, 4) is 0 Å². The number of carbonyl (C=O) groups is 3. The first-order valence-corrected chi connectivity index (χ1v) is 12.4. The molecule has 2 aromatic carbocycles. The lowest BCUT2D eigenvalue weighted by atomic mass is 9.87. The molecule has 0 radical (unpaired) electrons. The maximum atomic E-state index is 13.5. The quantitative estimate of drug-likeness (QED) is 0.662. The second-order valence-corrected chi connectivity index (χ2v) is 9.41. The van der Waals surface area contributed by atoms with E-state index in [0.29, 0.717) is 44.6 Å². The highest BCUT2D eigenvalue weighted by Crippen LogP contribution is 2.30. The molecule has 2 aromatic rings. The van der Waals surface area contributed by atoms with Gasteiger partial charge in [0.15, 0.2) is 0 Å². The molecule has 0 aromatic heterocycles. The first-order chi connectivity index (χ1) is 17.2. The van der Waals surface area contributed by atoms with Gasteiger partial charge in [-0.05, 0) is 68.4 Å². The summed E-state index contributed by atoms with van der Waals surface area (Å²) in [4.78, 5) is 42.6. The Bertz CT molecular complexity index is 1080. The van der Waals surface area contributed by atoms with Crippen LogP contribution < -0.4 is 5.32 Å². The number of nitrogens with zero attached hydrogens (tertiary/aromatic N) is 2. The average Bonchev–Trinajstić information content (AvgIpc) is 2.91. The third-order valence-corrected chi connectivity index (χ3v) is 6.99. The molecular weight excluding hydrogens is 471 g/mol. The molecule has 2 fully saturated rings. The van der Waals surface area contributed by atoms with Crippen molar-refractivity contribution in [3.05, 3.63) is 71.3 Å². The van der Waals surface area contributed by atoms with E-state index >= 15 is 0 Å². The molecule has 0 aliphatic carbocycles. The predicted molar refractivity (Wildman–Crippen MR) is 128 cm³/mol. The number of likely N-dealkylation sites (tertiary alicyclic amines) is 2. The smallest absolute Gasteiger partial charge is 0.341 e. The van der Waals surface area contributed by atoms with Crippen LogP contribution in [0, 0.1) is 5.92 Å². The van der Waals surface area contributed by atoms with E-state index in [1.54, 1.807) is 29.2 Å². The van der Waals surface area contributed by atoms with E-state index in [1.807, 2.05) is 6.07 Å². The van der Waals surface area contributed by atoms with Crippen molar-refractivity contribution in [2.75, 3.05) is 26.2 Å². The molecule has 192 valence electrons. The number of halogens is 3. The molecule has 2 heterocycles. The summed E-state index contributed by atoms with van der Waals surface area (Å²) >= 11 is 0. The Labute approximate surface area is 208 Å². The number of hydrogen-bond acceptors (Lipinski definition) is 3. The molecule has 6 nitrogen and oxygen atoms in total. The van der Waals surface area contributed by atoms with Crippen molar-refractivity contribution in [3.63, 3.8) is 0 Å². The van der Waals surface area contributed by atoms with Crippen molar-refractivity contribution in [1.82, 2.24) is 15.1 Å². The number of carbonyl (C=O) groups excluding carboxylic acids is 3. The Kier molecular flexibility index (Phi) is 7.96. The van der Waals surface area contributed by atoms with Gasteiger partial charge in [0.05, 0.1) is 5.56 Å². The van der Waals surface area contributed by atoms with Crippen LogP contribution in [0.15, 0.2) is 54.6 Å². The number of rotatable bonds is 5. The minimum absolute atomic E-state index is 0.0124. The standard InChI is InChI=1S/C27H30F3N3O3/c28-27(29,30)22-11-7-10-21(18-22)25(35)33-16-12-19(13-17-33)23(26(36)32-14-5-2-6-15-32)31-24(34)20-8-3-1-4-9-20/h1,3-4,7-11,18-19,23H,2,5-6,12-17H2,(H,31,34)/t23-/m0/s1. The fraction of sp³-hybridized carbons (Fsp3) is 0.444. The zero-order valence-electron chi connectivity index (χ0n) is 20.0. The van der Waals surface area contributed by atoms with Gasteiger partial charge in [-0.15, -0.1) is 0 Å². The van der Waals surface area contributed by atoms with Gasteiger partial charge in [-0.2, -0.15) is 13.2 Å². The molecule has 36 heavy (non-hydrogen) atoms. The van der Waals surface area contributed by atoms with Gasteiger partial charge in [-0.1, -0.05) is 24.3 Å². The van der Waals surface area contributed by atoms with Gasteiger partial charge in [0, 0.05) is 37.3 Å². The molecule has 2 aliphatic heterocycles. The highest BCUT2D eigenvalue weighted by atomic mass is 19.4. The number of hydrogen-bond donors (Lipinski definition) is 1. The molecule has 1 N–H and O–H groups in total. The number of nitrogens with one attached hydrogen (secondary N) is 1. The van der Waals surface area contributed by atoms with Gasteiger partial charge in [0.2, 0.25) is 5.91 Å². The number of piperidine rings is 2. The molecule has 2 aliphatic rings. The van der Waals surface area contributed by atoms with E-state index in [0.717, 1.165) is 31.4 Å². The molecule has 2 saturated heterocycles. The maximum absolute atomic E-state index is 13.5. The SMILES string of the molecule is O=C(N[C@H](C(=O)N1CCCCC1)C1CCN(C(=O)c2cccc(C(F)(F)F)c2)CC1)c1ccccc1. The molecule has 1 atom stereocenters. The fourth-order valence-electron chi connectivity index (χ4n) is 4.95. The third kappa shape index (κ3) is 6.06. The van der Waals surface area contributed by atoms with Gasteiger partial charge in [-0.25, -0.2) is 0 Å². The predicted octanol–water partition coefficient (Wildman–Crippen LogP) is 4.37. The highest BCUT2D eigenvalue weighted by Gasteiger charge is 2.37. The molecule has 3 amide bonds. The summed E-state index contributed by atoms with van der Waals surface area (Å²) in [6.07, 6.45) is -0.679. The second kappa shape index (κ2) is 11.1. The van der Waals surface area contributed by atoms with Crippen LogP contribution in [0.3, 0.4) is 0 Å². The van der Waals surface area contributed by atoms with E-state index < -0.39 is 23.7 Å². The Balaban J connectivity index is 1.46. The monoisotopic (exact) mass is 501 g/mol. The summed E-state index contributed by atoms with van der Waals surface area (Å²) in [5.74, 6) is -1.08. The van der Waals surface area contributed by atoms with E-state index in [4.69, 9.17) is 0 Å². The minimum Gasteiger partial charge on any atom is -0.341 e. The van der Waals surface area contributed by atoms with Crippen molar-refractivity contribution < 1.29 is 27.6 Å².